The number of hydrogen-bond acceptors (Lipinski definition) is 7. The summed E-state index contributed by atoms with van der Waals surface area (Å²) in [6, 6.07) is 0. The first-order chi connectivity index (χ1) is 12.9. The minimum atomic E-state index is -6.07. The highest BCUT2D eigenvalue weighted by Crippen LogP contribution is 2.27. The van der Waals surface area contributed by atoms with Crippen LogP contribution in [0.5, 0.6) is 5.88 Å². The third kappa shape index (κ3) is 4.01. The lowest BCUT2D eigenvalue weighted by atomic mass is 10.2. The first-order valence-electron chi connectivity index (χ1n) is 7.88. The summed E-state index contributed by atoms with van der Waals surface area (Å²) in [7, 11) is -3.68. The molecule has 2 aromatic heterocycles. The highest BCUT2D eigenvalue weighted by molar-refractivity contribution is 7.87. The summed E-state index contributed by atoms with van der Waals surface area (Å²) in [6.07, 6.45) is 1.84. The summed E-state index contributed by atoms with van der Waals surface area (Å²) < 4.78 is 66.4. The van der Waals surface area contributed by atoms with Gasteiger partial charge in [0.1, 0.15) is 0 Å². The van der Waals surface area contributed by atoms with E-state index in [1.165, 1.54) is 7.05 Å². The van der Waals surface area contributed by atoms with Gasteiger partial charge in [-0.05, 0) is 12.3 Å². The zero-order valence-corrected chi connectivity index (χ0v) is 15.8. The monoisotopic (exact) mass is 420 g/mol. The van der Waals surface area contributed by atoms with Crippen LogP contribution in [0.3, 0.4) is 0 Å². The summed E-state index contributed by atoms with van der Waals surface area (Å²) in [4.78, 5) is 31.6. The molecule has 0 amide bonds. The molecule has 0 aliphatic heterocycles. The average Bonchev–Trinajstić information content (AvgIpc) is 2.61. The Hall–Kier alpha value is -2.88. The van der Waals surface area contributed by atoms with E-state index in [9.17, 15) is 31.2 Å². The van der Waals surface area contributed by atoms with Gasteiger partial charge in [-0.1, -0.05) is 19.3 Å². The van der Waals surface area contributed by atoms with E-state index >= 15 is 0 Å². The van der Waals surface area contributed by atoms with Crippen LogP contribution in [0.2, 0.25) is 0 Å². The van der Waals surface area contributed by atoms with Gasteiger partial charge in [0.2, 0.25) is 0 Å². The van der Waals surface area contributed by atoms with Crippen molar-refractivity contribution in [2.45, 2.75) is 31.7 Å². The van der Waals surface area contributed by atoms with Crippen molar-refractivity contribution in [1.82, 2.24) is 19.1 Å². The van der Waals surface area contributed by atoms with Crippen LogP contribution in [0, 0.1) is 11.8 Å². The van der Waals surface area contributed by atoms with Crippen LogP contribution in [0.25, 0.3) is 11.2 Å². The van der Waals surface area contributed by atoms with Gasteiger partial charge in [0, 0.05) is 20.5 Å². The molecule has 0 radical (unpaired) electrons. The molecule has 2 heterocycles. The van der Waals surface area contributed by atoms with Crippen LogP contribution < -0.4 is 15.4 Å². The fourth-order valence-corrected chi connectivity index (χ4v) is 2.47. The van der Waals surface area contributed by atoms with E-state index in [2.05, 4.69) is 26.0 Å². The highest BCUT2D eigenvalue weighted by Gasteiger charge is 2.49. The van der Waals surface area contributed by atoms with Crippen LogP contribution in [0.15, 0.2) is 9.59 Å². The van der Waals surface area contributed by atoms with Crippen LogP contribution in [0.1, 0.15) is 31.9 Å². The first kappa shape index (κ1) is 21.4. The molecular formula is C15H15F3N4O5S. The van der Waals surface area contributed by atoms with Crippen LogP contribution in [-0.2, 0) is 24.2 Å². The van der Waals surface area contributed by atoms with Crippen molar-refractivity contribution in [3.63, 3.8) is 0 Å². The zero-order chi connectivity index (χ0) is 21.3. The molecule has 0 fully saturated rings. The third-order valence-corrected chi connectivity index (χ3v) is 4.52. The van der Waals surface area contributed by atoms with Crippen LogP contribution in [0.4, 0.5) is 13.2 Å². The van der Waals surface area contributed by atoms with Crippen LogP contribution >= 0.6 is 0 Å². The lowest BCUT2D eigenvalue weighted by molar-refractivity contribution is -0.0501. The maximum Gasteiger partial charge on any atom is 0.534 e. The molecule has 9 nitrogen and oxygen atoms in total. The van der Waals surface area contributed by atoms with Crippen molar-refractivity contribution in [2.75, 3.05) is 0 Å². The molecule has 2 aromatic rings. The van der Waals surface area contributed by atoms with Crippen molar-refractivity contribution in [3.8, 4) is 17.7 Å². The molecule has 2 rings (SSSR count). The maximum absolute atomic E-state index is 12.7. The van der Waals surface area contributed by atoms with Crippen molar-refractivity contribution in [1.29, 1.82) is 0 Å². The quantitative estimate of drug-likeness (QED) is 0.311. The Bertz CT molecular complexity index is 1200. The number of nitrogens with zero attached hydrogens (tertiary/aromatic N) is 4. The smallest absolute Gasteiger partial charge is 0.352 e. The lowest BCUT2D eigenvalue weighted by Crippen LogP contribution is -2.38. The minimum Gasteiger partial charge on any atom is -0.352 e. The minimum absolute atomic E-state index is 0.273. The van der Waals surface area contributed by atoms with E-state index in [1.807, 2.05) is 6.92 Å². The van der Waals surface area contributed by atoms with Gasteiger partial charge in [-0.15, -0.1) is 0 Å². The van der Waals surface area contributed by atoms with Crippen LogP contribution in [-0.4, -0.2) is 33.0 Å². The van der Waals surface area contributed by atoms with Gasteiger partial charge in [0.15, 0.2) is 16.9 Å². The Morgan fingerprint density at radius 3 is 2.36 bits per heavy atom. The van der Waals surface area contributed by atoms with E-state index < -0.39 is 44.0 Å². The molecule has 0 bridgehead atoms. The molecule has 0 saturated heterocycles. The third-order valence-electron chi connectivity index (χ3n) is 3.58. The summed E-state index contributed by atoms with van der Waals surface area (Å²) in [5.41, 5.74) is -8.82. The number of fused-ring (bicyclic) bond motifs is 1. The second-order valence-electron chi connectivity index (χ2n) is 5.64. The van der Waals surface area contributed by atoms with Gasteiger partial charge in [-0.25, -0.2) is 14.8 Å². The highest BCUT2D eigenvalue weighted by atomic mass is 32.2. The second-order valence-corrected chi connectivity index (χ2v) is 7.18. The predicted molar refractivity (Wildman–Crippen MR) is 92.0 cm³/mol. The molecule has 13 heteroatoms. The molecule has 0 spiro atoms. The number of rotatable bonds is 4. The second kappa shape index (κ2) is 7.63. The Kier molecular flexibility index (Phi) is 5.83. The van der Waals surface area contributed by atoms with Crippen molar-refractivity contribution >= 4 is 21.3 Å². The molecule has 0 saturated carbocycles. The molecule has 0 aromatic carbocycles. The lowest BCUT2D eigenvalue weighted by Gasteiger charge is -2.11. The number of halogens is 3. The Balaban J connectivity index is 2.80. The molecule has 0 N–H and O–H groups in total. The van der Waals surface area contributed by atoms with Gasteiger partial charge in [0.05, 0.1) is 0 Å². The first-order valence-corrected chi connectivity index (χ1v) is 9.29. The van der Waals surface area contributed by atoms with E-state index in [0.29, 0.717) is 17.4 Å². The van der Waals surface area contributed by atoms with Gasteiger partial charge in [0.25, 0.3) is 11.4 Å². The van der Waals surface area contributed by atoms with Crippen molar-refractivity contribution in [3.05, 3.63) is 26.5 Å². The van der Waals surface area contributed by atoms with Gasteiger partial charge < -0.3 is 4.18 Å². The fourth-order valence-electron chi connectivity index (χ4n) is 2.05. The Morgan fingerprint density at radius 2 is 1.79 bits per heavy atom. The topological polar surface area (TPSA) is 113 Å². The average molecular weight is 420 g/mol. The fraction of sp³-hybridized carbons (Fsp3) is 0.467. The zero-order valence-electron chi connectivity index (χ0n) is 15.0. The predicted octanol–water partition coefficient (Wildman–Crippen LogP) is 0.797. The number of unbranched alkanes of at least 4 members (excludes halogenated alkanes) is 2. The summed E-state index contributed by atoms with van der Waals surface area (Å²) in [6.45, 7) is 1.90. The van der Waals surface area contributed by atoms with Gasteiger partial charge >= 0.3 is 21.3 Å². The molecule has 152 valence electrons. The molecule has 0 unspecified atom stereocenters. The Morgan fingerprint density at radius 1 is 1.14 bits per heavy atom. The normalized spacial score (nSPS) is 11.9. The van der Waals surface area contributed by atoms with E-state index in [0.717, 1.165) is 18.0 Å². The molecular weight excluding hydrogens is 405 g/mol. The van der Waals surface area contributed by atoms with Gasteiger partial charge in [-0.2, -0.15) is 21.6 Å². The molecule has 0 atom stereocenters. The van der Waals surface area contributed by atoms with Gasteiger partial charge in [-0.3, -0.25) is 13.9 Å². The van der Waals surface area contributed by atoms with Crippen molar-refractivity contribution < 1.29 is 25.8 Å². The SMILES string of the molecule is CCCCC#Cc1nc2c(nc1OS(=O)(=O)C(F)(F)F)c(=O)n(C)c(=O)n2C. The van der Waals surface area contributed by atoms with E-state index in [-0.39, 0.29) is 5.65 Å². The molecule has 28 heavy (non-hydrogen) atoms. The maximum atomic E-state index is 12.7. The summed E-state index contributed by atoms with van der Waals surface area (Å²) in [5.74, 6) is 3.91. The standard InChI is InChI=1S/C15H15F3N4O5S/c1-4-5-6-7-8-9-12(27-28(25,26)15(16,17)18)20-10-11(19-9)21(2)14(24)22(3)13(10)23/h4-6H2,1-3H3. The molecule has 0 aliphatic carbocycles. The van der Waals surface area contributed by atoms with E-state index in [1.54, 1.807) is 0 Å². The van der Waals surface area contributed by atoms with Crippen molar-refractivity contribution in [2.24, 2.45) is 14.1 Å². The van der Waals surface area contributed by atoms with E-state index in [4.69, 9.17) is 0 Å². The number of alkyl halides is 3. The largest absolute Gasteiger partial charge is 0.534 e. The summed E-state index contributed by atoms with van der Waals surface area (Å²) in [5, 5.41) is 0. The Labute approximate surface area is 156 Å². The number of aryl methyl sites for hydroxylation is 1. The number of hydrogen-bond donors (Lipinski definition) is 0. The number of aromatic nitrogens is 4. The molecule has 0 aliphatic rings. The summed E-state index contributed by atoms with van der Waals surface area (Å²) >= 11 is 0.